The molecule has 0 saturated heterocycles. The Morgan fingerprint density at radius 2 is 1.92 bits per heavy atom. The van der Waals surface area contributed by atoms with Gasteiger partial charge in [-0.15, -0.1) is 0 Å². The highest BCUT2D eigenvalue weighted by atomic mass is 19.1. The molecule has 1 heterocycles. The van der Waals surface area contributed by atoms with Crippen molar-refractivity contribution in [2.75, 3.05) is 6.54 Å². The lowest BCUT2D eigenvalue weighted by atomic mass is 10.0. The monoisotopic (exact) mass is 350 g/mol. The Morgan fingerprint density at radius 3 is 2.62 bits per heavy atom. The van der Waals surface area contributed by atoms with Gasteiger partial charge in [-0.1, -0.05) is 23.8 Å². The fraction of sp³-hybridized carbons (Fsp3) is 0.286. The van der Waals surface area contributed by atoms with E-state index in [-0.39, 0.29) is 23.7 Å². The van der Waals surface area contributed by atoms with Crippen LogP contribution in [0.25, 0.3) is 6.08 Å². The van der Waals surface area contributed by atoms with Gasteiger partial charge in [0, 0.05) is 18.2 Å². The average Bonchev–Trinajstić information content (AvgIpc) is 3.45. The standard InChI is InChI=1S/C21H19FN2O2/c1-13-2-9-19-15(10-13)11-16(20(25)23-19)12-24(18-7-8-18)21(26)14-3-5-17(22)6-4-14/h2-6,9-11,16,18H,7-8,12H2,1H3. The molecule has 1 saturated carbocycles. The number of carbonyl (C=O) groups excluding carboxylic acids is 2. The van der Waals surface area contributed by atoms with Gasteiger partial charge in [0.2, 0.25) is 0 Å². The number of nitrogens with zero attached hydrogens (tertiary/aromatic N) is 2. The molecule has 0 radical (unpaired) electrons. The zero-order valence-corrected chi connectivity index (χ0v) is 14.5. The highest BCUT2D eigenvalue weighted by molar-refractivity contribution is 5.95. The lowest BCUT2D eigenvalue weighted by Gasteiger charge is -2.26. The summed E-state index contributed by atoms with van der Waals surface area (Å²) in [6, 6.07) is 11.5. The summed E-state index contributed by atoms with van der Waals surface area (Å²) in [6.45, 7) is 2.30. The number of carbonyl (C=O) groups is 2. The summed E-state index contributed by atoms with van der Waals surface area (Å²) in [5.41, 5.74) is 1.54. The maximum Gasteiger partial charge on any atom is 0.254 e. The van der Waals surface area contributed by atoms with Crippen LogP contribution >= 0.6 is 0 Å². The number of hydrogen-bond donors (Lipinski definition) is 0. The minimum Gasteiger partial charge on any atom is -0.335 e. The summed E-state index contributed by atoms with van der Waals surface area (Å²) in [5.74, 6) is -1.21. The molecule has 132 valence electrons. The molecule has 0 N–H and O–H groups in total. The third-order valence-corrected chi connectivity index (χ3v) is 4.84. The molecule has 2 aromatic rings. The SMILES string of the molecule is Cc1ccc2c(c1)=CC(CN(C(=O)c1ccc(F)cc1)C1CC1)C(=O)N=2. The van der Waals surface area contributed by atoms with Crippen LogP contribution in [0.5, 0.6) is 0 Å². The molecule has 2 aliphatic rings. The molecule has 0 aromatic heterocycles. The van der Waals surface area contributed by atoms with E-state index in [1.54, 1.807) is 4.90 Å². The number of amides is 2. The summed E-state index contributed by atoms with van der Waals surface area (Å²) < 4.78 is 13.1. The van der Waals surface area contributed by atoms with Crippen molar-refractivity contribution < 1.29 is 14.0 Å². The van der Waals surface area contributed by atoms with Crippen molar-refractivity contribution in [2.24, 2.45) is 10.9 Å². The van der Waals surface area contributed by atoms with Gasteiger partial charge in [-0.25, -0.2) is 9.38 Å². The van der Waals surface area contributed by atoms with Crippen LogP contribution in [0.15, 0.2) is 47.5 Å². The van der Waals surface area contributed by atoms with Crippen molar-refractivity contribution in [1.82, 2.24) is 4.90 Å². The van der Waals surface area contributed by atoms with E-state index in [4.69, 9.17) is 0 Å². The molecule has 1 aliphatic carbocycles. The third kappa shape index (κ3) is 3.29. The lowest BCUT2D eigenvalue weighted by molar-refractivity contribution is -0.120. The summed E-state index contributed by atoms with van der Waals surface area (Å²) in [5, 5.41) is 1.61. The minimum atomic E-state index is -0.450. The summed E-state index contributed by atoms with van der Waals surface area (Å²) >= 11 is 0. The molecular formula is C21H19FN2O2. The molecule has 5 heteroatoms. The Balaban J connectivity index is 1.62. The second kappa shape index (κ2) is 6.48. The summed E-state index contributed by atoms with van der Waals surface area (Å²) in [7, 11) is 0. The Labute approximate surface area is 150 Å². The van der Waals surface area contributed by atoms with E-state index in [1.807, 2.05) is 31.2 Å². The van der Waals surface area contributed by atoms with Crippen LogP contribution in [0.1, 0.15) is 28.8 Å². The van der Waals surface area contributed by atoms with Crippen LogP contribution in [0.2, 0.25) is 0 Å². The fourth-order valence-corrected chi connectivity index (χ4v) is 3.28. The Bertz CT molecular complexity index is 994. The van der Waals surface area contributed by atoms with Gasteiger partial charge in [0.05, 0.1) is 11.3 Å². The first-order chi connectivity index (χ1) is 12.5. The van der Waals surface area contributed by atoms with Gasteiger partial charge >= 0.3 is 0 Å². The predicted octanol–water partition coefficient (Wildman–Crippen LogP) is 2.00. The zero-order chi connectivity index (χ0) is 18.3. The smallest absolute Gasteiger partial charge is 0.254 e. The normalized spacial score (nSPS) is 18.5. The molecule has 0 bridgehead atoms. The third-order valence-electron chi connectivity index (χ3n) is 4.84. The molecule has 1 aliphatic heterocycles. The van der Waals surface area contributed by atoms with E-state index in [2.05, 4.69) is 4.99 Å². The summed E-state index contributed by atoms with van der Waals surface area (Å²) in [6.07, 6.45) is 3.77. The first-order valence-corrected chi connectivity index (χ1v) is 8.79. The Morgan fingerprint density at radius 1 is 1.19 bits per heavy atom. The highest BCUT2D eigenvalue weighted by Gasteiger charge is 2.35. The number of halogens is 1. The molecule has 0 spiro atoms. The van der Waals surface area contributed by atoms with E-state index in [0.29, 0.717) is 17.5 Å². The topological polar surface area (TPSA) is 49.7 Å². The molecule has 26 heavy (non-hydrogen) atoms. The van der Waals surface area contributed by atoms with Crippen molar-refractivity contribution in [2.45, 2.75) is 25.8 Å². The average molecular weight is 350 g/mol. The molecule has 4 rings (SSSR count). The van der Waals surface area contributed by atoms with Gasteiger partial charge in [0.1, 0.15) is 5.82 Å². The van der Waals surface area contributed by atoms with Gasteiger partial charge < -0.3 is 4.90 Å². The van der Waals surface area contributed by atoms with Gasteiger partial charge in [0.25, 0.3) is 11.8 Å². The van der Waals surface area contributed by atoms with Gasteiger partial charge in [-0.3, -0.25) is 9.59 Å². The molecule has 1 unspecified atom stereocenters. The van der Waals surface area contributed by atoms with Crippen molar-refractivity contribution in [1.29, 1.82) is 0 Å². The molecule has 4 nitrogen and oxygen atoms in total. The Hall–Kier alpha value is -2.82. The van der Waals surface area contributed by atoms with E-state index in [1.165, 1.54) is 24.3 Å². The maximum absolute atomic E-state index is 13.1. The zero-order valence-electron chi connectivity index (χ0n) is 14.5. The van der Waals surface area contributed by atoms with Crippen LogP contribution in [0, 0.1) is 18.7 Å². The van der Waals surface area contributed by atoms with Crippen molar-refractivity contribution >= 4 is 17.9 Å². The second-order valence-corrected chi connectivity index (χ2v) is 6.98. The number of fused-ring (bicyclic) bond motifs is 1. The van der Waals surface area contributed by atoms with Crippen molar-refractivity contribution in [3.8, 4) is 0 Å². The van der Waals surface area contributed by atoms with E-state index >= 15 is 0 Å². The predicted molar refractivity (Wildman–Crippen MR) is 95.4 cm³/mol. The van der Waals surface area contributed by atoms with Crippen LogP contribution < -0.4 is 10.6 Å². The maximum atomic E-state index is 13.1. The largest absolute Gasteiger partial charge is 0.335 e. The van der Waals surface area contributed by atoms with E-state index in [9.17, 15) is 14.0 Å². The van der Waals surface area contributed by atoms with Crippen molar-refractivity contribution in [3.63, 3.8) is 0 Å². The Kier molecular flexibility index (Phi) is 4.15. The molecule has 2 aromatic carbocycles. The molecule has 2 amide bonds. The van der Waals surface area contributed by atoms with E-state index < -0.39 is 5.92 Å². The second-order valence-electron chi connectivity index (χ2n) is 6.98. The van der Waals surface area contributed by atoms with Crippen LogP contribution in [0.4, 0.5) is 4.39 Å². The number of benzene rings is 2. The molecule has 1 fully saturated rings. The van der Waals surface area contributed by atoms with E-state index in [0.717, 1.165) is 23.6 Å². The summed E-state index contributed by atoms with van der Waals surface area (Å²) in [4.78, 5) is 31.2. The van der Waals surface area contributed by atoms with Gasteiger partial charge in [-0.05, 0) is 55.3 Å². The van der Waals surface area contributed by atoms with Crippen LogP contribution in [0.3, 0.4) is 0 Å². The van der Waals surface area contributed by atoms with Gasteiger partial charge in [0.15, 0.2) is 0 Å². The number of rotatable bonds is 4. The van der Waals surface area contributed by atoms with Gasteiger partial charge in [-0.2, -0.15) is 0 Å². The number of aryl methyl sites for hydroxylation is 1. The number of hydrogen-bond acceptors (Lipinski definition) is 2. The van der Waals surface area contributed by atoms with Crippen LogP contribution in [-0.4, -0.2) is 29.3 Å². The highest BCUT2D eigenvalue weighted by Crippen LogP contribution is 2.29. The fourth-order valence-electron chi connectivity index (χ4n) is 3.28. The molecule has 1 atom stereocenters. The van der Waals surface area contributed by atoms with Crippen molar-refractivity contribution in [3.05, 3.63) is 70.0 Å². The first-order valence-electron chi connectivity index (χ1n) is 8.79. The van der Waals surface area contributed by atoms with Crippen LogP contribution in [-0.2, 0) is 4.79 Å². The quantitative estimate of drug-likeness (QED) is 0.847. The first kappa shape index (κ1) is 16.6. The lowest BCUT2D eigenvalue weighted by Crippen LogP contribution is -2.42. The molecular weight excluding hydrogens is 331 g/mol. The minimum absolute atomic E-state index is 0.146.